The van der Waals surface area contributed by atoms with E-state index < -0.39 is 5.60 Å². The van der Waals surface area contributed by atoms with Gasteiger partial charge in [0.25, 0.3) is 6.47 Å². The second-order valence-corrected chi connectivity index (χ2v) is 5.77. The molecule has 0 spiro atoms. The first kappa shape index (κ1) is 18.5. The zero-order valence-corrected chi connectivity index (χ0v) is 13.2. The van der Waals surface area contributed by atoms with Crippen LogP contribution in [-0.2, 0) is 4.79 Å². The van der Waals surface area contributed by atoms with Crippen LogP contribution < -0.4 is 10.1 Å². The average Bonchev–Trinajstić information content (AvgIpc) is 2.94. The van der Waals surface area contributed by atoms with Crippen molar-refractivity contribution in [3.05, 3.63) is 30.3 Å². The minimum atomic E-state index is -0.410. The van der Waals surface area contributed by atoms with Gasteiger partial charge in [-0.2, -0.15) is 0 Å². The lowest BCUT2D eigenvalue weighted by Gasteiger charge is -2.23. The van der Waals surface area contributed by atoms with E-state index in [0.717, 1.165) is 31.6 Å². The molecule has 2 rings (SSSR count). The monoisotopic (exact) mass is 309 g/mol. The number of benzene rings is 1. The molecule has 5 nitrogen and oxygen atoms in total. The van der Waals surface area contributed by atoms with Gasteiger partial charge in [0.15, 0.2) is 0 Å². The Bertz CT molecular complexity index is 404. The summed E-state index contributed by atoms with van der Waals surface area (Å²) < 4.78 is 5.69. The van der Waals surface area contributed by atoms with Crippen molar-refractivity contribution in [1.82, 2.24) is 5.32 Å². The van der Waals surface area contributed by atoms with Gasteiger partial charge in [0, 0.05) is 6.04 Å². The Morgan fingerprint density at radius 3 is 2.50 bits per heavy atom. The number of carboxylic acid groups (broad SMARTS) is 1. The van der Waals surface area contributed by atoms with Gasteiger partial charge in [-0.3, -0.25) is 4.79 Å². The molecule has 22 heavy (non-hydrogen) atoms. The van der Waals surface area contributed by atoms with Crippen molar-refractivity contribution < 1.29 is 19.7 Å². The number of carbonyl (C=O) groups is 1. The molecule has 0 saturated heterocycles. The fraction of sp³-hybridized carbons (Fsp3) is 0.588. The first-order valence-corrected chi connectivity index (χ1v) is 7.81. The van der Waals surface area contributed by atoms with Crippen LogP contribution >= 0.6 is 0 Å². The van der Waals surface area contributed by atoms with Crippen LogP contribution in [0.4, 0.5) is 0 Å². The largest absolute Gasteiger partial charge is 0.492 e. The Morgan fingerprint density at radius 1 is 1.32 bits per heavy atom. The number of ether oxygens (including phenoxy) is 1. The number of nitrogens with one attached hydrogen (secondary N) is 1. The third kappa shape index (κ3) is 7.43. The molecule has 0 radical (unpaired) electrons. The number of hydrogen-bond acceptors (Lipinski definition) is 4. The van der Waals surface area contributed by atoms with Crippen molar-refractivity contribution in [3.8, 4) is 5.75 Å². The molecule has 1 fully saturated rings. The van der Waals surface area contributed by atoms with E-state index in [9.17, 15) is 5.11 Å². The highest BCUT2D eigenvalue weighted by Gasteiger charge is 2.30. The van der Waals surface area contributed by atoms with Crippen LogP contribution in [0.1, 0.15) is 39.0 Å². The van der Waals surface area contributed by atoms with Crippen LogP contribution in [-0.4, -0.2) is 41.5 Å². The third-order valence-electron chi connectivity index (χ3n) is 3.86. The van der Waals surface area contributed by atoms with Gasteiger partial charge >= 0.3 is 0 Å². The molecule has 1 saturated carbocycles. The summed E-state index contributed by atoms with van der Waals surface area (Å²) in [5.41, 5.74) is -0.410. The highest BCUT2D eigenvalue weighted by molar-refractivity contribution is 5.32. The molecular formula is C17H27NO4. The summed E-state index contributed by atoms with van der Waals surface area (Å²) in [6, 6.07) is 10.2. The third-order valence-corrected chi connectivity index (χ3v) is 3.86. The molecule has 0 aliphatic heterocycles. The molecule has 1 unspecified atom stereocenters. The smallest absolute Gasteiger partial charge is 0.290 e. The maximum Gasteiger partial charge on any atom is 0.290 e. The van der Waals surface area contributed by atoms with E-state index in [-0.39, 0.29) is 6.47 Å². The van der Waals surface area contributed by atoms with Crippen molar-refractivity contribution in [3.63, 3.8) is 0 Å². The van der Waals surface area contributed by atoms with E-state index in [1.54, 1.807) is 0 Å². The zero-order chi connectivity index (χ0) is 16.3. The van der Waals surface area contributed by atoms with Gasteiger partial charge in [-0.05, 0) is 44.9 Å². The Hall–Kier alpha value is -1.59. The maximum atomic E-state index is 10.2. The summed E-state index contributed by atoms with van der Waals surface area (Å²) in [5, 5.41) is 20.5. The van der Waals surface area contributed by atoms with Gasteiger partial charge in [-0.15, -0.1) is 0 Å². The summed E-state index contributed by atoms with van der Waals surface area (Å²) >= 11 is 0. The molecule has 5 heteroatoms. The van der Waals surface area contributed by atoms with Crippen molar-refractivity contribution in [2.75, 3.05) is 13.2 Å². The fourth-order valence-electron chi connectivity index (χ4n) is 2.63. The lowest BCUT2D eigenvalue weighted by Crippen LogP contribution is -2.36. The highest BCUT2D eigenvalue weighted by atomic mass is 16.5. The fourth-order valence-corrected chi connectivity index (χ4v) is 2.63. The van der Waals surface area contributed by atoms with Crippen LogP contribution in [0.2, 0.25) is 0 Å². The molecule has 1 aromatic carbocycles. The van der Waals surface area contributed by atoms with Crippen molar-refractivity contribution in [2.24, 2.45) is 0 Å². The quantitative estimate of drug-likeness (QED) is 0.674. The van der Waals surface area contributed by atoms with E-state index in [0.29, 0.717) is 12.6 Å². The number of aliphatic hydroxyl groups is 1. The summed E-state index contributed by atoms with van der Waals surface area (Å²) in [7, 11) is 0. The van der Waals surface area contributed by atoms with Gasteiger partial charge in [-0.1, -0.05) is 31.0 Å². The molecule has 1 aliphatic carbocycles. The summed E-state index contributed by atoms with van der Waals surface area (Å²) in [4.78, 5) is 8.36. The molecule has 0 amide bonds. The molecule has 0 aromatic heterocycles. The summed E-state index contributed by atoms with van der Waals surface area (Å²) in [5.74, 6) is 0.908. The topological polar surface area (TPSA) is 78.8 Å². The van der Waals surface area contributed by atoms with Crippen LogP contribution in [0.5, 0.6) is 5.75 Å². The van der Waals surface area contributed by atoms with Crippen LogP contribution in [0.3, 0.4) is 0 Å². The predicted molar refractivity (Wildman–Crippen MR) is 86.1 cm³/mol. The van der Waals surface area contributed by atoms with Crippen molar-refractivity contribution in [2.45, 2.75) is 50.7 Å². The molecular weight excluding hydrogens is 282 g/mol. The summed E-state index contributed by atoms with van der Waals surface area (Å²) in [6.45, 7) is 3.37. The van der Waals surface area contributed by atoms with Crippen molar-refractivity contribution in [1.29, 1.82) is 0 Å². The van der Waals surface area contributed by atoms with Crippen LogP contribution in [0.15, 0.2) is 30.3 Å². The SMILES string of the molecule is CC(COc1ccccc1)NCCC1(O)CCCC1.O=CO. The van der Waals surface area contributed by atoms with E-state index in [1.165, 1.54) is 12.8 Å². The average molecular weight is 309 g/mol. The first-order chi connectivity index (χ1) is 10.6. The lowest BCUT2D eigenvalue weighted by atomic mass is 9.98. The molecule has 1 aliphatic rings. The molecule has 3 N–H and O–H groups in total. The maximum absolute atomic E-state index is 10.2. The van der Waals surface area contributed by atoms with Gasteiger partial charge < -0.3 is 20.3 Å². The van der Waals surface area contributed by atoms with E-state index >= 15 is 0 Å². The first-order valence-electron chi connectivity index (χ1n) is 7.81. The van der Waals surface area contributed by atoms with Gasteiger partial charge in [0.2, 0.25) is 0 Å². The molecule has 0 heterocycles. The predicted octanol–water partition coefficient (Wildman–Crippen LogP) is 2.44. The van der Waals surface area contributed by atoms with E-state index in [1.807, 2.05) is 30.3 Å². The van der Waals surface area contributed by atoms with E-state index in [2.05, 4.69) is 12.2 Å². The Morgan fingerprint density at radius 2 is 1.91 bits per heavy atom. The normalized spacial score (nSPS) is 17.2. The number of rotatable bonds is 7. The highest BCUT2D eigenvalue weighted by Crippen LogP contribution is 2.31. The van der Waals surface area contributed by atoms with Gasteiger partial charge in [0.05, 0.1) is 5.60 Å². The van der Waals surface area contributed by atoms with E-state index in [4.69, 9.17) is 14.6 Å². The minimum absolute atomic E-state index is 0.250. The molecule has 1 atom stereocenters. The minimum Gasteiger partial charge on any atom is -0.492 e. The number of hydrogen-bond donors (Lipinski definition) is 3. The number of para-hydroxylation sites is 1. The molecule has 0 bridgehead atoms. The Labute approximate surface area is 132 Å². The standard InChI is InChI=1S/C16H25NO2.CH2O2/c1-14(13-19-15-7-3-2-4-8-15)17-12-11-16(18)9-5-6-10-16;2-1-3/h2-4,7-8,14,17-18H,5-6,9-13H2,1H3;1H,(H,2,3). The van der Waals surface area contributed by atoms with Crippen molar-refractivity contribution >= 4 is 6.47 Å². The van der Waals surface area contributed by atoms with Crippen LogP contribution in [0, 0.1) is 0 Å². The molecule has 1 aromatic rings. The second-order valence-electron chi connectivity index (χ2n) is 5.77. The Balaban J connectivity index is 0.000000745. The zero-order valence-electron chi connectivity index (χ0n) is 13.2. The van der Waals surface area contributed by atoms with Gasteiger partial charge in [0.1, 0.15) is 12.4 Å². The van der Waals surface area contributed by atoms with Gasteiger partial charge in [-0.25, -0.2) is 0 Å². The van der Waals surface area contributed by atoms with Crippen LogP contribution in [0.25, 0.3) is 0 Å². The lowest BCUT2D eigenvalue weighted by molar-refractivity contribution is -0.122. The second kappa shape index (κ2) is 10.2. The summed E-state index contributed by atoms with van der Waals surface area (Å²) in [6.07, 6.45) is 5.11. The molecule has 124 valence electrons. The Kier molecular flexibility index (Phi) is 8.55.